The molecule has 122 valence electrons. The zero-order valence-corrected chi connectivity index (χ0v) is 14.1. The number of carbonyl (C=O) groups is 1. The van der Waals surface area contributed by atoms with Crippen molar-refractivity contribution in [2.24, 2.45) is 0 Å². The molecule has 0 saturated carbocycles. The number of benzene rings is 2. The zero-order valence-electron chi connectivity index (χ0n) is 14.1. The molecule has 0 aliphatic heterocycles. The molecular weight excluding hydrogens is 298 g/mol. The fourth-order valence-corrected chi connectivity index (χ4v) is 2.46. The van der Waals surface area contributed by atoms with E-state index in [1.54, 1.807) is 12.3 Å². The molecule has 3 aromatic rings. The van der Waals surface area contributed by atoms with Gasteiger partial charge in [0.2, 0.25) is 5.91 Å². The minimum Gasteiger partial charge on any atom is -0.322 e. The average Bonchev–Trinajstić information content (AvgIpc) is 3.00. The molecular formula is C20H21N3O. The molecule has 4 nitrogen and oxygen atoms in total. The Morgan fingerprint density at radius 1 is 1.12 bits per heavy atom. The molecule has 2 aromatic carbocycles. The topological polar surface area (TPSA) is 57.8 Å². The van der Waals surface area contributed by atoms with Crippen molar-refractivity contribution in [1.82, 2.24) is 10.2 Å². The van der Waals surface area contributed by atoms with Gasteiger partial charge in [0.05, 0.1) is 11.7 Å². The van der Waals surface area contributed by atoms with Crippen LogP contribution in [0.5, 0.6) is 0 Å². The highest BCUT2D eigenvalue weighted by Crippen LogP contribution is 2.22. The highest BCUT2D eigenvalue weighted by atomic mass is 16.1. The third-order valence-corrected chi connectivity index (χ3v) is 3.91. The van der Waals surface area contributed by atoms with Crippen molar-refractivity contribution in [3.63, 3.8) is 0 Å². The lowest BCUT2D eigenvalue weighted by Crippen LogP contribution is -2.10. The average molecular weight is 319 g/mol. The van der Waals surface area contributed by atoms with E-state index in [9.17, 15) is 4.79 Å². The summed E-state index contributed by atoms with van der Waals surface area (Å²) < 4.78 is 0. The standard InChI is InChI=1S/C20H21N3O/c1-20(2,3)16-8-4-14(5-9-16)6-11-19(24)22-17-10-7-15-13-21-23-18(15)12-17/h4-13H,1-3H3,(H,21,23)(H,22,24). The van der Waals surface area contributed by atoms with Crippen LogP contribution in [0, 0.1) is 0 Å². The third kappa shape index (κ3) is 3.71. The van der Waals surface area contributed by atoms with Crippen molar-refractivity contribution in [3.05, 3.63) is 65.9 Å². The number of amides is 1. The summed E-state index contributed by atoms with van der Waals surface area (Å²) in [6, 6.07) is 13.9. The summed E-state index contributed by atoms with van der Waals surface area (Å²) in [6.45, 7) is 6.55. The van der Waals surface area contributed by atoms with Crippen LogP contribution in [0.2, 0.25) is 0 Å². The summed E-state index contributed by atoms with van der Waals surface area (Å²) in [6.07, 6.45) is 5.11. The normalized spacial score (nSPS) is 12.0. The van der Waals surface area contributed by atoms with Gasteiger partial charge in [0, 0.05) is 17.1 Å². The van der Waals surface area contributed by atoms with Crippen molar-refractivity contribution in [1.29, 1.82) is 0 Å². The van der Waals surface area contributed by atoms with E-state index >= 15 is 0 Å². The molecule has 1 heterocycles. The number of H-pyrrole nitrogens is 1. The van der Waals surface area contributed by atoms with E-state index in [1.165, 1.54) is 5.56 Å². The van der Waals surface area contributed by atoms with Crippen LogP contribution in [0.25, 0.3) is 17.0 Å². The van der Waals surface area contributed by atoms with E-state index in [4.69, 9.17) is 0 Å². The third-order valence-electron chi connectivity index (χ3n) is 3.91. The maximum absolute atomic E-state index is 12.1. The molecule has 24 heavy (non-hydrogen) atoms. The number of nitrogens with zero attached hydrogens (tertiary/aromatic N) is 1. The molecule has 3 rings (SSSR count). The molecule has 1 aromatic heterocycles. The number of rotatable bonds is 3. The number of hydrogen-bond donors (Lipinski definition) is 2. The maximum atomic E-state index is 12.1. The van der Waals surface area contributed by atoms with Crippen molar-refractivity contribution in [3.8, 4) is 0 Å². The Hall–Kier alpha value is -2.88. The number of fused-ring (bicyclic) bond motifs is 1. The second kappa shape index (κ2) is 6.32. The van der Waals surface area contributed by atoms with Gasteiger partial charge in [-0.25, -0.2) is 0 Å². The van der Waals surface area contributed by atoms with Gasteiger partial charge in [0.25, 0.3) is 0 Å². The van der Waals surface area contributed by atoms with Crippen molar-refractivity contribution in [2.45, 2.75) is 26.2 Å². The number of aromatic amines is 1. The van der Waals surface area contributed by atoms with E-state index in [2.05, 4.69) is 48.4 Å². The van der Waals surface area contributed by atoms with Crippen LogP contribution in [-0.4, -0.2) is 16.1 Å². The lowest BCUT2D eigenvalue weighted by Gasteiger charge is -2.18. The monoisotopic (exact) mass is 319 g/mol. The molecule has 0 spiro atoms. The predicted molar refractivity (Wildman–Crippen MR) is 98.9 cm³/mol. The van der Waals surface area contributed by atoms with Gasteiger partial charge in [-0.3, -0.25) is 9.89 Å². The van der Waals surface area contributed by atoms with Gasteiger partial charge in [-0.2, -0.15) is 5.10 Å². The van der Waals surface area contributed by atoms with Gasteiger partial charge in [-0.15, -0.1) is 0 Å². The van der Waals surface area contributed by atoms with Crippen molar-refractivity contribution in [2.75, 3.05) is 5.32 Å². The van der Waals surface area contributed by atoms with E-state index < -0.39 is 0 Å². The Balaban J connectivity index is 1.66. The number of aromatic nitrogens is 2. The fourth-order valence-electron chi connectivity index (χ4n) is 2.46. The Morgan fingerprint density at radius 3 is 2.58 bits per heavy atom. The molecule has 1 amide bonds. The largest absolute Gasteiger partial charge is 0.322 e. The summed E-state index contributed by atoms with van der Waals surface area (Å²) in [5.41, 5.74) is 4.04. The first-order valence-corrected chi connectivity index (χ1v) is 7.94. The van der Waals surface area contributed by atoms with Gasteiger partial charge >= 0.3 is 0 Å². The van der Waals surface area contributed by atoms with Crippen molar-refractivity contribution >= 4 is 28.6 Å². The summed E-state index contributed by atoms with van der Waals surface area (Å²) in [4.78, 5) is 12.1. The Kier molecular flexibility index (Phi) is 4.21. The van der Waals surface area contributed by atoms with Crippen LogP contribution >= 0.6 is 0 Å². The summed E-state index contributed by atoms with van der Waals surface area (Å²) in [7, 11) is 0. The quantitative estimate of drug-likeness (QED) is 0.698. The molecule has 0 unspecified atom stereocenters. The molecule has 0 aliphatic carbocycles. The number of nitrogens with one attached hydrogen (secondary N) is 2. The van der Waals surface area contributed by atoms with Crippen LogP contribution < -0.4 is 5.32 Å². The fraction of sp³-hybridized carbons (Fsp3) is 0.200. The first kappa shape index (κ1) is 16.0. The van der Waals surface area contributed by atoms with Crippen LogP contribution in [0.4, 0.5) is 5.69 Å². The first-order valence-electron chi connectivity index (χ1n) is 7.94. The van der Waals surface area contributed by atoms with E-state index in [1.807, 2.05) is 36.4 Å². The molecule has 0 atom stereocenters. The predicted octanol–water partition coefficient (Wildman–Crippen LogP) is 4.51. The van der Waals surface area contributed by atoms with Crippen LogP contribution in [-0.2, 0) is 10.2 Å². The summed E-state index contributed by atoms with van der Waals surface area (Å²) in [5, 5.41) is 10.7. The zero-order chi connectivity index (χ0) is 17.2. The van der Waals surface area contributed by atoms with Crippen LogP contribution in [0.1, 0.15) is 31.9 Å². The number of hydrogen-bond acceptors (Lipinski definition) is 2. The SMILES string of the molecule is CC(C)(C)c1ccc(C=CC(=O)Nc2ccc3cn[nH]c3c2)cc1. The summed E-state index contributed by atoms with van der Waals surface area (Å²) >= 11 is 0. The van der Waals surface area contributed by atoms with Gasteiger partial charge in [-0.05, 0) is 40.8 Å². The highest BCUT2D eigenvalue weighted by molar-refractivity contribution is 6.02. The molecule has 0 fully saturated rings. The Morgan fingerprint density at radius 2 is 1.88 bits per heavy atom. The first-order chi connectivity index (χ1) is 11.4. The van der Waals surface area contributed by atoms with E-state index in [-0.39, 0.29) is 11.3 Å². The van der Waals surface area contributed by atoms with Crippen LogP contribution in [0.15, 0.2) is 54.7 Å². The second-order valence-corrected chi connectivity index (χ2v) is 6.87. The number of carbonyl (C=O) groups excluding carboxylic acids is 1. The minimum absolute atomic E-state index is 0.130. The molecule has 2 N–H and O–H groups in total. The van der Waals surface area contributed by atoms with E-state index in [0.717, 1.165) is 22.2 Å². The molecule has 0 aliphatic rings. The molecule has 0 saturated heterocycles. The van der Waals surface area contributed by atoms with Crippen molar-refractivity contribution < 1.29 is 4.79 Å². The van der Waals surface area contributed by atoms with Gasteiger partial charge < -0.3 is 5.32 Å². The summed E-state index contributed by atoms with van der Waals surface area (Å²) in [5.74, 6) is -0.159. The van der Waals surface area contributed by atoms with Gasteiger partial charge in [-0.1, -0.05) is 45.0 Å². The molecule has 0 radical (unpaired) electrons. The smallest absolute Gasteiger partial charge is 0.248 e. The second-order valence-electron chi connectivity index (χ2n) is 6.87. The Bertz CT molecular complexity index is 883. The highest BCUT2D eigenvalue weighted by Gasteiger charge is 2.12. The van der Waals surface area contributed by atoms with E-state index in [0.29, 0.717) is 0 Å². The molecule has 4 heteroatoms. The molecule has 0 bridgehead atoms. The van der Waals surface area contributed by atoms with Crippen LogP contribution in [0.3, 0.4) is 0 Å². The minimum atomic E-state index is -0.159. The lowest BCUT2D eigenvalue weighted by molar-refractivity contribution is -0.111. The van der Waals surface area contributed by atoms with Gasteiger partial charge in [0.15, 0.2) is 0 Å². The number of anilines is 1. The lowest BCUT2D eigenvalue weighted by atomic mass is 9.87. The maximum Gasteiger partial charge on any atom is 0.248 e. The van der Waals surface area contributed by atoms with Gasteiger partial charge in [0.1, 0.15) is 0 Å². The Labute approximate surface area is 141 Å².